The normalized spacial score (nSPS) is 28.9. The number of aliphatic hydroxyl groups excluding tert-OH is 1. The van der Waals surface area contributed by atoms with Crippen LogP contribution in [-0.2, 0) is 0 Å². The molecule has 2 nitrogen and oxygen atoms in total. The van der Waals surface area contributed by atoms with E-state index in [1.807, 2.05) is 0 Å². The van der Waals surface area contributed by atoms with Gasteiger partial charge < -0.3 is 10.0 Å². The van der Waals surface area contributed by atoms with Gasteiger partial charge in [0.25, 0.3) is 0 Å². The molecule has 0 bridgehead atoms. The van der Waals surface area contributed by atoms with Gasteiger partial charge in [-0.2, -0.15) is 0 Å². The standard InChI is InChI=1S/C19H37NO/c1-18(2,3)17-9-8-13-20(14-10-17)15-19(16-21)11-6-4-5-7-12-19/h17,21H,4-16H2,1-3H3. The number of hydrogen-bond acceptors (Lipinski definition) is 2. The summed E-state index contributed by atoms with van der Waals surface area (Å²) in [5.74, 6) is 0.863. The molecule has 21 heavy (non-hydrogen) atoms. The first-order valence-corrected chi connectivity index (χ1v) is 9.28. The van der Waals surface area contributed by atoms with Gasteiger partial charge in [-0.05, 0) is 56.5 Å². The summed E-state index contributed by atoms with van der Waals surface area (Å²) in [7, 11) is 0. The molecule has 1 heterocycles. The Labute approximate surface area is 132 Å². The van der Waals surface area contributed by atoms with Crippen LogP contribution in [0.5, 0.6) is 0 Å². The summed E-state index contributed by atoms with van der Waals surface area (Å²) in [4.78, 5) is 2.67. The second kappa shape index (κ2) is 7.46. The molecule has 1 saturated heterocycles. The van der Waals surface area contributed by atoms with Gasteiger partial charge in [0.05, 0.1) is 0 Å². The zero-order valence-corrected chi connectivity index (χ0v) is 14.7. The van der Waals surface area contributed by atoms with Crippen LogP contribution in [-0.4, -0.2) is 36.2 Å². The summed E-state index contributed by atoms with van der Waals surface area (Å²) in [5.41, 5.74) is 0.658. The van der Waals surface area contributed by atoms with Crippen molar-refractivity contribution in [1.82, 2.24) is 4.90 Å². The van der Waals surface area contributed by atoms with Crippen LogP contribution in [0.4, 0.5) is 0 Å². The number of hydrogen-bond donors (Lipinski definition) is 1. The third-order valence-electron chi connectivity index (χ3n) is 6.10. The van der Waals surface area contributed by atoms with Gasteiger partial charge in [0.2, 0.25) is 0 Å². The van der Waals surface area contributed by atoms with E-state index in [-0.39, 0.29) is 5.41 Å². The highest BCUT2D eigenvalue weighted by Gasteiger charge is 2.34. The molecule has 1 aliphatic heterocycles. The van der Waals surface area contributed by atoms with Gasteiger partial charge in [0.1, 0.15) is 0 Å². The lowest BCUT2D eigenvalue weighted by atomic mass is 9.76. The van der Waals surface area contributed by atoms with Gasteiger partial charge in [-0.3, -0.25) is 0 Å². The van der Waals surface area contributed by atoms with Crippen LogP contribution < -0.4 is 0 Å². The summed E-state index contributed by atoms with van der Waals surface area (Å²) in [5, 5.41) is 10.0. The predicted molar refractivity (Wildman–Crippen MR) is 90.5 cm³/mol. The number of likely N-dealkylation sites (tertiary alicyclic amines) is 1. The van der Waals surface area contributed by atoms with Gasteiger partial charge >= 0.3 is 0 Å². The fraction of sp³-hybridized carbons (Fsp3) is 1.00. The van der Waals surface area contributed by atoms with Crippen LogP contribution in [0.15, 0.2) is 0 Å². The molecule has 2 aliphatic rings. The molecule has 124 valence electrons. The molecule has 0 aromatic heterocycles. The summed E-state index contributed by atoms with van der Waals surface area (Å²) in [6, 6.07) is 0. The Bertz CT molecular complexity index is 299. The van der Waals surface area contributed by atoms with Crippen molar-refractivity contribution in [2.45, 2.75) is 78.6 Å². The molecule has 0 aromatic carbocycles. The fourth-order valence-electron chi connectivity index (χ4n) is 4.50. The lowest BCUT2D eigenvalue weighted by Crippen LogP contribution is -2.40. The summed E-state index contributed by atoms with van der Waals surface area (Å²) >= 11 is 0. The van der Waals surface area contributed by atoms with Crippen molar-refractivity contribution >= 4 is 0 Å². The van der Waals surface area contributed by atoms with E-state index in [4.69, 9.17) is 0 Å². The second-order valence-corrected chi connectivity index (χ2v) is 8.84. The summed E-state index contributed by atoms with van der Waals surface area (Å²) < 4.78 is 0. The van der Waals surface area contributed by atoms with E-state index in [9.17, 15) is 5.11 Å². The highest BCUT2D eigenvalue weighted by atomic mass is 16.3. The topological polar surface area (TPSA) is 23.5 Å². The molecular formula is C19H37NO. The minimum Gasteiger partial charge on any atom is -0.396 e. The molecule has 1 N–H and O–H groups in total. The lowest BCUT2D eigenvalue weighted by molar-refractivity contribution is 0.0593. The summed E-state index contributed by atoms with van der Waals surface area (Å²) in [6.07, 6.45) is 11.9. The van der Waals surface area contributed by atoms with Crippen LogP contribution in [0.25, 0.3) is 0 Å². The van der Waals surface area contributed by atoms with Gasteiger partial charge in [-0.25, -0.2) is 0 Å². The average molecular weight is 296 g/mol. The van der Waals surface area contributed by atoms with Crippen molar-refractivity contribution in [1.29, 1.82) is 0 Å². The lowest BCUT2D eigenvalue weighted by Gasteiger charge is -2.36. The monoisotopic (exact) mass is 295 g/mol. The van der Waals surface area contributed by atoms with Crippen LogP contribution in [0.2, 0.25) is 0 Å². The maximum Gasteiger partial charge on any atom is 0.0499 e. The molecule has 1 saturated carbocycles. The zero-order valence-electron chi connectivity index (χ0n) is 14.7. The first kappa shape index (κ1) is 17.3. The SMILES string of the molecule is CC(C)(C)C1CCCN(CC2(CO)CCCCCC2)CC1. The van der Waals surface area contributed by atoms with E-state index in [1.165, 1.54) is 70.9 Å². The van der Waals surface area contributed by atoms with E-state index in [2.05, 4.69) is 25.7 Å². The van der Waals surface area contributed by atoms with Crippen LogP contribution in [0.3, 0.4) is 0 Å². The Kier molecular flexibility index (Phi) is 6.14. The maximum atomic E-state index is 10.0. The van der Waals surface area contributed by atoms with E-state index in [0.29, 0.717) is 12.0 Å². The van der Waals surface area contributed by atoms with Crippen molar-refractivity contribution < 1.29 is 5.11 Å². The Morgan fingerprint density at radius 1 is 0.952 bits per heavy atom. The number of rotatable bonds is 3. The zero-order chi connectivity index (χ0) is 15.3. The molecule has 2 fully saturated rings. The molecule has 1 unspecified atom stereocenters. The first-order chi connectivity index (χ1) is 9.95. The molecule has 0 aromatic rings. The van der Waals surface area contributed by atoms with Crippen LogP contribution in [0.1, 0.15) is 78.6 Å². The van der Waals surface area contributed by atoms with Crippen LogP contribution >= 0.6 is 0 Å². The van der Waals surface area contributed by atoms with E-state index in [1.54, 1.807) is 0 Å². The predicted octanol–water partition coefficient (Wildman–Crippen LogP) is 4.47. The average Bonchev–Trinajstić information content (AvgIpc) is 2.79. The first-order valence-electron chi connectivity index (χ1n) is 9.28. The third-order valence-corrected chi connectivity index (χ3v) is 6.10. The maximum absolute atomic E-state index is 10.0. The second-order valence-electron chi connectivity index (χ2n) is 8.84. The highest BCUT2D eigenvalue weighted by Crippen LogP contribution is 2.38. The number of nitrogens with zero attached hydrogens (tertiary/aromatic N) is 1. The van der Waals surface area contributed by atoms with E-state index < -0.39 is 0 Å². The molecular weight excluding hydrogens is 258 g/mol. The van der Waals surface area contributed by atoms with Gasteiger partial charge in [0.15, 0.2) is 0 Å². The molecule has 2 heteroatoms. The van der Waals surface area contributed by atoms with E-state index in [0.717, 1.165) is 12.5 Å². The van der Waals surface area contributed by atoms with Crippen LogP contribution in [0, 0.1) is 16.7 Å². The van der Waals surface area contributed by atoms with E-state index >= 15 is 0 Å². The smallest absolute Gasteiger partial charge is 0.0499 e. The molecule has 2 rings (SSSR count). The molecule has 0 amide bonds. The molecule has 1 atom stereocenters. The van der Waals surface area contributed by atoms with Crippen molar-refractivity contribution in [2.24, 2.45) is 16.7 Å². The van der Waals surface area contributed by atoms with Crippen molar-refractivity contribution in [3.05, 3.63) is 0 Å². The molecule has 0 radical (unpaired) electrons. The van der Waals surface area contributed by atoms with Gasteiger partial charge in [-0.1, -0.05) is 46.5 Å². The van der Waals surface area contributed by atoms with Gasteiger partial charge in [0, 0.05) is 18.6 Å². The Balaban J connectivity index is 1.92. The largest absolute Gasteiger partial charge is 0.396 e. The Morgan fingerprint density at radius 2 is 1.62 bits per heavy atom. The fourth-order valence-corrected chi connectivity index (χ4v) is 4.50. The van der Waals surface area contributed by atoms with Crippen molar-refractivity contribution in [3.63, 3.8) is 0 Å². The summed E-state index contributed by atoms with van der Waals surface area (Å²) in [6.45, 7) is 11.2. The molecule has 1 aliphatic carbocycles. The van der Waals surface area contributed by atoms with Gasteiger partial charge in [-0.15, -0.1) is 0 Å². The van der Waals surface area contributed by atoms with Crippen molar-refractivity contribution in [3.8, 4) is 0 Å². The number of aliphatic hydroxyl groups is 1. The minimum atomic E-state index is 0.206. The quantitative estimate of drug-likeness (QED) is 0.777. The Hall–Kier alpha value is -0.0800. The third kappa shape index (κ3) is 4.96. The highest BCUT2D eigenvalue weighted by molar-refractivity contribution is 4.86. The molecule has 0 spiro atoms. The minimum absolute atomic E-state index is 0.206. The van der Waals surface area contributed by atoms with Crippen molar-refractivity contribution in [2.75, 3.05) is 26.2 Å². The Morgan fingerprint density at radius 3 is 2.19 bits per heavy atom.